The molecule has 0 radical (unpaired) electrons. The molecule has 4 atom stereocenters. The van der Waals surface area contributed by atoms with Crippen molar-refractivity contribution in [2.75, 3.05) is 7.05 Å². The van der Waals surface area contributed by atoms with Gasteiger partial charge in [0, 0.05) is 29.6 Å². The molecule has 4 aromatic rings. The first-order chi connectivity index (χ1) is 23.3. The molecule has 1 aliphatic heterocycles. The van der Waals surface area contributed by atoms with Crippen molar-refractivity contribution in [1.82, 2.24) is 20.9 Å². The standard InChI is InChI=1S/C37H35ClN4O7/c1-20-33(44)41-30(37(48)49)18-22-5-4-6-26(17-22)29-19-27(13-16-31(29)43)32(35(46)39-20)42(3)36(47)21(2)40-34(45)25-9-7-23(8-10-25)24-11-14-28(38)15-12-24/h4-17,19-21,30,32,43H,18H2,1-3H3,(H,39,46)(H,40,45)(H,41,44)(H,48,49)/t20-,21-,30-,32-/m0/s1. The Kier molecular flexibility index (Phi) is 10.3. The summed E-state index contributed by atoms with van der Waals surface area (Å²) >= 11 is 5.98. The van der Waals surface area contributed by atoms with Gasteiger partial charge in [-0.25, -0.2) is 4.79 Å². The van der Waals surface area contributed by atoms with Crippen LogP contribution in [0.1, 0.15) is 41.4 Å². The van der Waals surface area contributed by atoms with E-state index in [1.807, 2.05) is 12.1 Å². The van der Waals surface area contributed by atoms with Crippen LogP contribution in [0.25, 0.3) is 22.3 Å². The Bertz CT molecular complexity index is 1910. The third-order valence-electron chi connectivity index (χ3n) is 8.41. The molecule has 0 aliphatic carbocycles. The van der Waals surface area contributed by atoms with E-state index >= 15 is 0 Å². The number of fused-ring (bicyclic) bond motifs is 5. The van der Waals surface area contributed by atoms with Crippen molar-refractivity contribution in [3.05, 3.63) is 113 Å². The van der Waals surface area contributed by atoms with Crippen LogP contribution in [0.4, 0.5) is 0 Å². The van der Waals surface area contributed by atoms with Gasteiger partial charge in [-0.2, -0.15) is 0 Å². The number of halogens is 1. The summed E-state index contributed by atoms with van der Waals surface area (Å²) in [6, 6.07) is 20.6. The fraction of sp³-hybridized carbons (Fsp3) is 0.216. The lowest BCUT2D eigenvalue weighted by Gasteiger charge is -2.31. The normalized spacial score (nSPS) is 18.2. The Balaban J connectivity index is 1.42. The van der Waals surface area contributed by atoms with Crippen molar-refractivity contribution in [3.8, 4) is 28.0 Å². The zero-order chi connectivity index (χ0) is 35.4. The number of phenolic OH excluding ortho intramolecular Hbond substituents is 1. The van der Waals surface area contributed by atoms with E-state index in [-0.39, 0.29) is 12.2 Å². The van der Waals surface area contributed by atoms with Crippen LogP contribution in [-0.2, 0) is 25.6 Å². The molecule has 0 saturated heterocycles. The van der Waals surface area contributed by atoms with Crippen LogP contribution in [0.2, 0.25) is 5.02 Å². The van der Waals surface area contributed by atoms with Gasteiger partial charge >= 0.3 is 5.97 Å². The molecule has 4 bridgehead atoms. The van der Waals surface area contributed by atoms with Gasteiger partial charge in [-0.1, -0.05) is 66.2 Å². The molecule has 1 heterocycles. The minimum atomic E-state index is -1.30. The number of carbonyl (C=O) groups excluding carboxylic acids is 4. The number of likely N-dealkylation sites (N-methyl/N-ethyl adjacent to an activating group) is 1. The lowest BCUT2D eigenvalue weighted by Crippen LogP contribution is -2.54. The predicted molar refractivity (Wildman–Crippen MR) is 184 cm³/mol. The van der Waals surface area contributed by atoms with Crippen molar-refractivity contribution < 1.29 is 34.2 Å². The van der Waals surface area contributed by atoms with Crippen LogP contribution in [0.3, 0.4) is 0 Å². The maximum Gasteiger partial charge on any atom is 0.326 e. The monoisotopic (exact) mass is 682 g/mol. The summed E-state index contributed by atoms with van der Waals surface area (Å²) in [4.78, 5) is 67.0. The summed E-state index contributed by atoms with van der Waals surface area (Å²) in [6.07, 6.45) is -0.0357. The number of carbonyl (C=O) groups is 5. The molecule has 4 amide bonds. The molecule has 5 rings (SSSR count). The van der Waals surface area contributed by atoms with Crippen molar-refractivity contribution in [2.45, 2.75) is 44.4 Å². The zero-order valence-corrected chi connectivity index (χ0v) is 27.7. The first-order valence-corrected chi connectivity index (χ1v) is 15.9. The van der Waals surface area contributed by atoms with Crippen LogP contribution < -0.4 is 16.0 Å². The van der Waals surface area contributed by atoms with Crippen molar-refractivity contribution in [2.24, 2.45) is 0 Å². The number of aromatic hydroxyl groups is 1. The fourth-order valence-corrected chi connectivity index (χ4v) is 5.82. The maximum absolute atomic E-state index is 13.8. The van der Waals surface area contributed by atoms with E-state index in [9.17, 15) is 34.2 Å². The second kappa shape index (κ2) is 14.6. The van der Waals surface area contributed by atoms with E-state index in [0.29, 0.717) is 32.8 Å². The molecule has 11 nitrogen and oxygen atoms in total. The summed E-state index contributed by atoms with van der Waals surface area (Å²) in [7, 11) is 1.40. The number of nitrogens with zero attached hydrogens (tertiary/aromatic N) is 1. The number of hydrogen-bond donors (Lipinski definition) is 5. The number of nitrogens with one attached hydrogen (secondary N) is 3. The highest BCUT2D eigenvalue weighted by atomic mass is 35.5. The van der Waals surface area contributed by atoms with Gasteiger partial charge in [-0.3, -0.25) is 19.2 Å². The highest BCUT2D eigenvalue weighted by molar-refractivity contribution is 6.30. The summed E-state index contributed by atoms with van der Waals surface area (Å²) in [5.74, 6) is -3.92. The van der Waals surface area contributed by atoms with Crippen LogP contribution in [0.5, 0.6) is 5.75 Å². The first kappa shape index (κ1) is 34.6. The second-order valence-corrected chi connectivity index (χ2v) is 12.4. The van der Waals surface area contributed by atoms with Gasteiger partial charge in [-0.15, -0.1) is 0 Å². The molecule has 49 heavy (non-hydrogen) atoms. The minimum Gasteiger partial charge on any atom is -0.507 e. The van der Waals surface area contributed by atoms with Gasteiger partial charge in [0.25, 0.3) is 5.91 Å². The van der Waals surface area contributed by atoms with E-state index in [4.69, 9.17) is 11.6 Å². The van der Waals surface area contributed by atoms with Gasteiger partial charge in [-0.05, 0) is 78.1 Å². The molecular weight excluding hydrogens is 648 g/mol. The highest BCUT2D eigenvalue weighted by Gasteiger charge is 2.34. The molecule has 0 aromatic heterocycles. The molecule has 0 spiro atoms. The minimum absolute atomic E-state index is 0.0357. The van der Waals surface area contributed by atoms with Crippen molar-refractivity contribution in [3.63, 3.8) is 0 Å². The van der Waals surface area contributed by atoms with E-state index in [1.165, 1.54) is 33.0 Å². The van der Waals surface area contributed by atoms with E-state index in [1.54, 1.807) is 66.7 Å². The van der Waals surface area contributed by atoms with Crippen LogP contribution in [0.15, 0.2) is 91.0 Å². The lowest BCUT2D eigenvalue weighted by atomic mass is 9.94. The number of phenols is 1. The van der Waals surface area contributed by atoms with Crippen LogP contribution in [0, 0.1) is 0 Å². The Morgan fingerprint density at radius 3 is 2.18 bits per heavy atom. The number of amides is 4. The second-order valence-electron chi connectivity index (χ2n) is 11.9. The number of rotatable bonds is 6. The Morgan fingerprint density at radius 1 is 0.878 bits per heavy atom. The third-order valence-corrected chi connectivity index (χ3v) is 8.66. The SMILES string of the molecule is C[C@@H]1NC(=O)[C@@H](N(C)C(=O)[C@H](C)NC(=O)c2ccc(-c3ccc(Cl)cc3)cc2)c2ccc(O)c(c2)-c2cccc(c2)C[C@@H](C(=O)O)NC1=O. The van der Waals surface area contributed by atoms with Crippen LogP contribution >= 0.6 is 11.6 Å². The zero-order valence-electron chi connectivity index (χ0n) is 26.9. The Morgan fingerprint density at radius 2 is 1.53 bits per heavy atom. The maximum atomic E-state index is 13.8. The average Bonchev–Trinajstić information content (AvgIpc) is 3.08. The topological polar surface area (TPSA) is 165 Å². The van der Waals surface area contributed by atoms with Gasteiger partial charge in [0.15, 0.2) is 0 Å². The average molecular weight is 683 g/mol. The summed E-state index contributed by atoms with van der Waals surface area (Å²) in [5.41, 5.74) is 3.92. The number of aliphatic carboxylic acids is 1. The Hall–Kier alpha value is -5.68. The van der Waals surface area contributed by atoms with Crippen LogP contribution in [-0.4, -0.2) is 69.9 Å². The molecule has 0 saturated carbocycles. The van der Waals surface area contributed by atoms with Gasteiger partial charge in [0.05, 0.1) is 0 Å². The molecule has 0 unspecified atom stereocenters. The molecule has 5 N–H and O–H groups in total. The summed E-state index contributed by atoms with van der Waals surface area (Å²) in [5, 5.41) is 29.0. The van der Waals surface area contributed by atoms with E-state index < -0.39 is 53.8 Å². The highest BCUT2D eigenvalue weighted by Crippen LogP contribution is 2.34. The quantitative estimate of drug-likeness (QED) is 0.202. The molecule has 0 fully saturated rings. The van der Waals surface area contributed by atoms with Gasteiger partial charge < -0.3 is 31.1 Å². The van der Waals surface area contributed by atoms with Crippen molar-refractivity contribution >= 4 is 41.2 Å². The molecule has 1 aliphatic rings. The Labute approximate surface area is 287 Å². The van der Waals surface area contributed by atoms with Gasteiger partial charge in [0.1, 0.15) is 29.9 Å². The van der Waals surface area contributed by atoms with Gasteiger partial charge in [0.2, 0.25) is 17.7 Å². The smallest absolute Gasteiger partial charge is 0.326 e. The summed E-state index contributed by atoms with van der Waals surface area (Å²) in [6.45, 7) is 2.90. The predicted octanol–water partition coefficient (Wildman–Crippen LogP) is 4.33. The number of benzene rings is 4. The molecule has 12 heteroatoms. The molecular formula is C37H35ClN4O7. The molecule has 252 valence electrons. The number of carboxylic acid groups (broad SMARTS) is 1. The largest absolute Gasteiger partial charge is 0.507 e. The van der Waals surface area contributed by atoms with Crippen molar-refractivity contribution in [1.29, 1.82) is 0 Å². The lowest BCUT2D eigenvalue weighted by molar-refractivity contribution is -0.143. The number of hydrogen-bond acceptors (Lipinski definition) is 6. The summed E-state index contributed by atoms with van der Waals surface area (Å²) < 4.78 is 0. The molecule has 4 aromatic carbocycles. The van der Waals surface area contributed by atoms with E-state index in [0.717, 1.165) is 16.0 Å². The fourth-order valence-electron chi connectivity index (χ4n) is 5.69. The number of carboxylic acids is 1. The van der Waals surface area contributed by atoms with E-state index in [2.05, 4.69) is 16.0 Å². The third kappa shape index (κ3) is 7.90. The first-order valence-electron chi connectivity index (χ1n) is 15.5.